The van der Waals surface area contributed by atoms with Crippen molar-refractivity contribution in [2.75, 3.05) is 0 Å². The number of aliphatic imine (C=N–C) groups is 2. The molecule has 2 rings (SSSR count). The molecule has 2 nitrogen and oxygen atoms in total. The minimum Gasteiger partial charge on any atom is -0.0965 e. The molecule has 2 heteroatoms. The van der Waals surface area contributed by atoms with E-state index in [0.717, 1.165) is 12.6 Å². The molecule has 1 aliphatic heterocycles. The van der Waals surface area contributed by atoms with Crippen LogP contribution in [0.2, 0.25) is 0 Å². The van der Waals surface area contributed by atoms with Crippen LogP contribution in [-0.2, 0) is 6.42 Å². The van der Waals surface area contributed by atoms with Crippen molar-refractivity contribution in [1.82, 2.24) is 0 Å². The largest absolute Gasteiger partial charge is 0.244 e. The first-order valence-electron chi connectivity index (χ1n) is 23.8. The van der Waals surface area contributed by atoms with Crippen molar-refractivity contribution >= 4 is 12.4 Å². The Morgan fingerprint density at radius 3 is 1.04 bits per heavy atom. The zero-order valence-corrected chi connectivity index (χ0v) is 35.3. The van der Waals surface area contributed by atoms with Gasteiger partial charge in [0.05, 0.1) is 5.92 Å². The SMILES string of the molecule is CCCCCCCCCCCCCCCCCCCC(Cc1ccccc1)C(CCCCCCCCCCCCCCCCCCC)[C+]1N=CC=N1. The number of hydrogen-bond acceptors (Lipinski definition) is 2. The van der Waals surface area contributed by atoms with Gasteiger partial charge < -0.3 is 0 Å². The Hall–Kier alpha value is -1.57. The Balaban J connectivity index is 1.57. The van der Waals surface area contributed by atoms with Crippen molar-refractivity contribution < 1.29 is 0 Å². The third-order valence-corrected chi connectivity index (χ3v) is 12.0. The summed E-state index contributed by atoms with van der Waals surface area (Å²) in [6.45, 7) is 4.62. The van der Waals surface area contributed by atoms with Crippen molar-refractivity contribution in [1.29, 1.82) is 0 Å². The lowest BCUT2D eigenvalue weighted by atomic mass is 9.78. The lowest BCUT2D eigenvalue weighted by molar-refractivity contribution is 0.284. The molecular weight excluding hydrogens is 629 g/mol. The molecule has 0 amide bonds. The molecule has 0 spiro atoms. The highest BCUT2D eigenvalue weighted by Gasteiger charge is 2.35. The van der Waals surface area contributed by atoms with Crippen LogP contribution in [0.3, 0.4) is 0 Å². The molecule has 0 saturated heterocycles. The van der Waals surface area contributed by atoms with E-state index in [-0.39, 0.29) is 0 Å². The zero-order valence-electron chi connectivity index (χ0n) is 35.3. The second kappa shape index (κ2) is 36.4. The van der Waals surface area contributed by atoms with E-state index in [1.807, 2.05) is 12.4 Å². The van der Waals surface area contributed by atoms with Crippen LogP contribution in [0.4, 0.5) is 0 Å². The molecule has 1 heterocycles. The maximum Gasteiger partial charge on any atom is 0.244 e. The summed E-state index contributed by atoms with van der Waals surface area (Å²) in [5.74, 6) is 1.13. The Kier molecular flexibility index (Phi) is 32.6. The van der Waals surface area contributed by atoms with Gasteiger partial charge in [-0.3, -0.25) is 0 Å². The summed E-state index contributed by atoms with van der Waals surface area (Å²) in [6, 6.07) is 11.3. The highest BCUT2D eigenvalue weighted by molar-refractivity contribution is 6.18. The van der Waals surface area contributed by atoms with Crippen LogP contribution < -0.4 is 0 Å². The monoisotopic (exact) mass is 718 g/mol. The van der Waals surface area contributed by atoms with Crippen molar-refractivity contribution in [3.63, 3.8) is 0 Å². The molecule has 1 aromatic rings. The smallest absolute Gasteiger partial charge is 0.0965 e. The van der Waals surface area contributed by atoms with Gasteiger partial charge in [0.25, 0.3) is 0 Å². The Bertz CT molecular complexity index is 894. The molecule has 0 radical (unpaired) electrons. The third kappa shape index (κ3) is 27.1. The molecule has 1 aromatic carbocycles. The second-order valence-corrected chi connectivity index (χ2v) is 16.9. The normalized spacial score (nSPS) is 13.8. The van der Waals surface area contributed by atoms with Gasteiger partial charge in [-0.1, -0.05) is 272 Å². The van der Waals surface area contributed by atoms with Gasteiger partial charge in [-0.2, -0.15) is 0 Å². The summed E-state index contributed by atoms with van der Waals surface area (Å²) in [6.07, 6.45) is 57.4. The minimum absolute atomic E-state index is 0.493. The number of unbranched alkanes of at least 4 members (excludes halogenated alkanes) is 32. The summed E-state index contributed by atoms with van der Waals surface area (Å²) >= 11 is 0. The summed E-state index contributed by atoms with van der Waals surface area (Å²) in [5.41, 5.74) is 1.48. The van der Waals surface area contributed by atoms with Crippen molar-refractivity contribution in [3.8, 4) is 0 Å². The van der Waals surface area contributed by atoms with Gasteiger partial charge in [0, 0.05) is 0 Å². The van der Waals surface area contributed by atoms with E-state index >= 15 is 0 Å². The summed E-state index contributed by atoms with van der Waals surface area (Å²) in [5, 5.41) is 0. The number of rotatable bonds is 40. The molecule has 1 aliphatic rings. The maximum absolute atomic E-state index is 4.79. The summed E-state index contributed by atoms with van der Waals surface area (Å²) < 4.78 is 0. The molecule has 2 unspecified atom stereocenters. The first-order chi connectivity index (χ1) is 25.8. The molecule has 298 valence electrons. The Morgan fingerprint density at radius 1 is 0.385 bits per heavy atom. The minimum atomic E-state index is 0.493. The molecule has 0 N–H and O–H groups in total. The molecule has 0 aromatic heterocycles. The van der Waals surface area contributed by atoms with Crippen LogP contribution in [-0.4, -0.2) is 12.4 Å². The van der Waals surface area contributed by atoms with Crippen molar-refractivity contribution in [2.24, 2.45) is 21.8 Å². The van der Waals surface area contributed by atoms with E-state index in [4.69, 9.17) is 9.98 Å². The standard InChI is InChI=1S/C50H89N2/c1-3-5-7-9-11-13-15-17-19-21-23-25-27-29-31-33-38-42-48(46-47-40-36-35-37-41-47)49(50-51-44-45-52-50)43-39-34-32-30-28-26-24-22-20-18-16-14-12-10-8-6-4-2/h35-37,40-41,44-45,48-49H,3-34,38-39,42-43,46H2,1-2H3/q+1. The third-order valence-electron chi connectivity index (χ3n) is 12.0. The fourth-order valence-electron chi connectivity index (χ4n) is 8.60. The van der Waals surface area contributed by atoms with Gasteiger partial charge in [-0.25, -0.2) is 0 Å². The second-order valence-electron chi connectivity index (χ2n) is 16.9. The molecular formula is C50H89N2+. The predicted molar refractivity (Wildman–Crippen MR) is 235 cm³/mol. The van der Waals surface area contributed by atoms with Crippen molar-refractivity contribution in [2.45, 2.75) is 251 Å². The highest BCUT2D eigenvalue weighted by Crippen LogP contribution is 2.37. The molecule has 0 aliphatic carbocycles. The van der Waals surface area contributed by atoms with Gasteiger partial charge >= 0.3 is 0 Å². The maximum atomic E-state index is 4.79. The molecule has 0 bridgehead atoms. The van der Waals surface area contributed by atoms with Gasteiger partial charge in [-0.05, 0) is 30.7 Å². The van der Waals surface area contributed by atoms with Gasteiger partial charge in [0.2, 0.25) is 6.17 Å². The Labute approximate surface area is 326 Å². The van der Waals surface area contributed by atoms with E-state index in [1.165, 1.54) is 237 Å². The zero-order chi connectivity index (χ0) is 36.8. The van der Waals surface area contributed by atoms with Crippen molar-refractivity contribution in [3.05, 3.63) is 42.1 Å². The van der Waals surface area contributed by atoms with E-state index < -0.39 is 0 Å². The average molecular weight is 718 g/mol. The first kappa shape index (κ1) is 46.6. The number of benzene rings is 1. The quantitative estimate of drug-likeness (QED) is 0.0477. The molecule has 0 saturated carbocycles. The lowest BCUT2D eigenvalue weighted by Gasteiger charge is -2.26. The predicted octanol–water partition coefficient (Wildman–Crippen LogP) is 17.2. The highest BCUT2D eigenvalue weighted by atomic mass is 15.0. The van der Waals surface area contributed by atoms with E-state index in [2.05, 4.69) is 44.2 Å². The fourth-order valence-corrected chi connectivity index (χ4v) is 8.60. The van der Waals surface area contributed by atoms with Gasteiger partial charge in [-0.15, -0.1) is 0 Å². The lowest BCUT2D eigenvalue weighted by Crippen LogP contribution is -2.22. The topological polar surface area (TPSA) is 24.7 Å². The van der Waals surface area contributed by atoms with Crippen LogP contribution in [0.15, 0.2) is 40.3 Å². The van der Waals surface area contributed by atoms with E-state index in [9.17, 15) is 0 Å². The fraction of sp³-hybridized carbons (Fsp3) is 0.820. The first-order valence-corrected chi connectivity index (χ1v) is 23.8. The van der Waals surface area contributed by atoms with Crippen LogP contribution in [0.5, 0.6) is 0 Å². The number of hydrogen-bond donors (Lipinski definition) is 0. The number of nitrogens with zero attached hydrogens (tertiary/aromatic N) is 2. The van der Waals surface area contributed by atoms with Crippen LogP contribution in [0.1, 0.15) is 251 Å². The summed E-state index contributed by atoms with van der Waals surface area (Å²) in [4.78, 5) is 9.58. The van der Waals surface area contributed by atoms with E-state index in [0.29, 0.717) is 11.8 Å². The van der Waals surface area contributed by atoms with Gasteiger partial charge in [0.15, 0.2) is 12.4 Å². The van der Waals surface area contributed by atoms with Crippen LogP contribution in [0.25, 0.3) is 0 Å². The van der Waals surface area contributed by atoms with Crippen LogP contribution in [0, 0.1) is 18.0 Å². The molecule has 0 fully saturated rings. The van der Waals surface area contributed by atoms with Crippen LogP contribution >= 0.6 is 0 Å². The average Bonchev–Trinajstić information content (AvgIpc) is 3.70. The Morgan fingerprint density at radius 2 is 0.692 bits per heavy atom. The summed E-state index contributed by atoms with van der Waals surface area (Å²) in [7, 11) is 0. The molecule has 2 atom stereocenters. The van der Waals surface area contributed by atoms with E-state index in [1.54, 1.807) is 0 Å². The molecule has 52 heavy (non-hydrogen) atoms. The van der Waals surface area contributed by atoms with Gasteiger partial charge in [0.1, 0.15) is 0 Å².